The summed E-state index contributed by atoms with van der Waals surface area (Å²) in [4.78, 5) is 30.5. The predicted octanol–water partition coefficient (Wildman–Crippen LogP) is 4.95. The third-order valence-corrected chi connectivity index (χ3v) is 6.66. The molecule has 0 aliphatic heterocycles. The molecule has 1 heterocycles. The van der Waals surface area contributed by atoms with Gasteiger partial charge in [-0.3, -0.25) is 14.2 Å². The van der Waals surface area contributed by atoms with Crippen LogP contribution in [0.15, 0.2) is 76.7 Å². The van der Waals surface area contributed by atoms with Gasteiger partial charge in [0, 0.05) is 19.8 Å². The number of amides is 1. The number of carbonyl (C=O) groups excluding carboxylic acids is 1. The average Bonchev–Trinajstić information content (AvgIpc) is 2.86. The Labute approximate surface area is 203 Å². The molecule has 0 saturated carbocycles. The largest absolute Gasteiger partial charge is 0.382 e. The Kier molecular flexibility index (Phi) is 7.98. The zero-order valence-corrected chi connectivity index (χ0v) is 20.3. The highest BCUT2D eigenvalue weighted by Gasteiger charge is 2.15. The summed E-state index contributed by atoms with van der Waals surface area (Å²) in [5.41, 5.74) is 1.60. The van der Waals surface area contributed by atoms with E-state index < -0.39 is 0 Å². The summed E-state index contributed by atoms with van der Waals surface area (Å²) in [6, 6.07) is 21.6. The first-order valence-corrected chi connectivity index (χ1v) is 12.5. The fourth-order valence-corrected chi connectivity index (χ4v) is 4.73. The minimum atomic E-state index is -0.129. The van der Waals surface area contributed by atoms with E-state index in [4.69, 9.17) is 4.74 Å². The predicted molar refractivity (Wildman–Crippen MR) is 138 cm³/mol. The van der Waals surface area contributed by atoms with Gasteiger partial charge in [-0.05, 0) is 54.8 Å². The van der Waals surface area contributed by atoms with Crippen molar-refractivity contribution in [2.24, 2.45) is 0 Å². The fourth-order valence-electron chi connectivity index (χ4n) is 3.90. The van der Waals surface area contributed by atoms with Crippen LogP contribution in [0.25, 0.3) is 21.7 Å². The van der Waals surface area contributed by atoms with Gasteiger partial charge in [0.15, 0.2) is 5.16 Å². The molecule has 0 spiro atoms. The second kappa shape index (κ2) is 11.3. The molecule has 6 nitrogen and oxygen atoms in total. The molecule has 3 aromatic carbocycles. The van der Waals surface area contributed by atoms with Crippen LogP contribution < -0.4 is 10.9 Å². The van der Waals surface area contributed by atoms with Crippen molar-refractivity contribution in [3.63, 3.8) is 0 Å². The maximum atomic E-state index is 13.1. The van der Waals surface area contributed by atoms with E-state index in [9.17, 15) is 9.59 Å². The molecule has 0 saturated heterocycles. The molecule has 0 aliphatic carbocycles. The Morgan fingerprint density at radius 3 is 2.68 bits per heavy atom. The van der Waals surface area contributed by atoms with Crippen LogP contribution in [0, 0.1) is 0 Å². The van der Waals surface area contributed by atoms with E-state index in [0.29, 0.717) is 42.2 Å². The number of ether oxygens (including phenoxy) is 1. The van der Waals surface area contributed by atoms with Gasteiger partial charge in [0.25, 0.3) is 5.56 Å². The number of thioether (sulfide) groups is 1. The highest BCUT2D eigenvalue weighted by molar-refractivity contribution is 7.99. The highest BCUT2D eigenvalue weighted by atomic mass is 32.2. The van der Waals surface area contributed by atoms with Crippen LogP contribution in [-0.4, -0.2) is 34.4 Å². The zero-order valence-electron chi connectivity index (χ0n) is 19.5. The molecule has 176 valence electrons. The van der Waals surface area contributed by atoms with Crippen LogP contribution in [0.1, 0.15) is 31.9 Å². The van der Waals surface area contributed by atoms with Crippen LogP contribution in [0.5, 0.6) is 0 Å². The summed E-state index contributed by atoms with van der Waals surface area (Å²) in [6.45, 7) is 5.63. The molecule has 1 unspecified atom stereocenters. The van der Waals surface area contributed by atoms with E-state index in [1.165, 1.54) is 17.1 Å². The maximum Gasteiger partial charge on any atom is 0.262 e. The minimum absolute atomic E-state index is 0.0884. The first kappa shape index (κ1) is 24.0. The molecular weight excluding hydrogens is 446 g/mol. The number of para-hydroxylation sites is 1. The van der Waals surface area contributed by atoms with Gasteiger partial charge >= 0.3 is 0 Å². The minimum Gasteiger partial charge on any atom is -0.382 e. The van der Waals surface area contributed by atoms with Gasteiger partial charge in [0.1, 0.15) is 0 Å². The Morgan fingerprint density at radius 1 is 1.09 bits per heavy atom. The van der Waals surface area contributed by atoms with Gasteiger partial charge < -0.3 is 10.1 Å². The molecule has 7 heteroatoms. The van der Waals surface area contributed by atoms with Gasteiger partial charge in [0.05, 0.1) is 22.7 Å². The molecule has 0 fully saturated rings. The number of fused-ring (bicyclic) bond motifs is 2. The second-order valence-electron chi connectivity index (χ2n) is 8.10. The molecule has 1 atom stereocenters. The van der Waals surface area contributed by atoms with Gasteiger partial charge in [-0.25, -0.2) is 4.98 Å². The molecule has 1 aromatic heterocycles. The molecule has 0 aliphatic rings. The molecule has 4 rings (SSSR count). The third-order valence-electron chi connectivity index (χ3n) is 5.68. The number of benzene rings is 3. The summed E-state index contributed by atoms with van der Waals surface area (Å²) in [5.74, 6) is 0.0719. The van der Waals surface area contributed by atoms with Crippen LogP contribution in [-0.2, 0) is 16.1 Å². The van der Waals surface area contributed by atoms with Gasteiger partial charge in [-0.2, -0.15) is 0 Å². The summed E-state index contributed by atoms with van der Waals surface area (Å²) in [7, 11) is 0. The van der Waals surface area contributed by atoms with E-state index >= 15 is 0 Å². The average molecular weight is 476 g/mol. The normalized spacial score (nSPS) is 12.2. The number of carbonyl (C=O) groups is 1. The van der Waals surface area contributed by atoms with E-state index in [1.54, 1.807) is 10.6 Å². The molecular formula is C27H29N3O3S. The molecule has 0 bridgehead atoms. The number of nitrogens with one attached hydrogen (secondary N) is 1. The van der Waals surface area contributed by atoms with Crippen LogP contribution in [0.2, 0.25) is 0 Å². The van der Waals surface area contributed by atoms with Crippen molar-refractivity contribution in [3.05, 3.63) is 82.6 Å². The first-order valence-electron chi connectivity index (χ1n) is 11.5. The third kappa shape index (κ3) is 5.66. The Hall–Kier alpha value is -3.16. The number of rotatable bonds is 10. The first-order chi connectivity index (χ1) is 16.6. The molecule has 34 heavy (non-hydrogen) atoms. The van der Waals surface area contributed by atoms with Crippen molar-refractivity contribution >= 4 is 39.3 Å². The van der Waals surface area contributed by atoms with Gasteiger partial charge in [0.2, 0.25) is 5.91 Å². The lowest BCUT2D eigenvalue weighted by Gasteiger charge is -2.16. The van der Waals surface area contributed by atoms with Crippen LogP contribution >= 0.6 is 11.8 Å². The summed E-state index contributed by atoms with van der Waals surface area (Å²) in [5, 5.41) is 6.51. The van der Waals surface area contributed by atoms with E-state index in [0.717, 1.165) is 10.9 Å². The van der Waals surface area contributed by atoms with Crippen molar-refractivity contribution in [2.45, 2.75) is 38.0 Å². The fraction of sp³-hybridized carbons (Fsp3) is 0.296. The second-order valence-corrected chi connectivity index (χ2v) is 9.05. The number of hydrogen-bond donors (Lipinski definition) is 1. The van der Waals surface area contributed by atoms with E-state index in [1.807, 2.05) is 50.2 Å². The Morgan fingerprint density at radius 2 is 1.85 bits per heavy atom. The summed E-state index contributed by atoms with van der Waals surface area (Å²) >= 11 is 1.29. The van der Waals surface area contributed by atoms with Crippen LogP contribution in [0.3, 0.4) is 0 Å². The van der Waals surface area contributed by atoms with Crippen molar-refractivity contribution in [3.8, 4) is 0 Å². The molecule has 1 N–H and O–H groups in total. The smallest absolute Gasteiger partial charge is 0.262 e. The quantitative estimate of drug-likeness (QED) is 0.200. The summed E-state index contributed by atoms with van der Waals surface area (Å²) < 4.78 is 7.09. The Balaban J connectivity index is 1.46. The lowest BCUT2D eigenvalue weighted by Crippen LogP contribution is -2.29. The van der Waals surface area contributed by atoms with Crippen molar-refractivity contribution in [1.82, 2.24) is 14.9 Å². The standard InChI is InChI=1S/C27H29N3O3S/c1-3-33-16-8-15-30-26(32)23-11-6-7-12-24(23)29-27(30)34-18-25(31)28-19(2)21-14-13-20-9-4-5-10-22(20)17-21/h4-7,9-14,17,19H,3,8,15-16,18H2,1-2H3,(H,28,31). The molecule has 1 amide bonds. The van der Waals surface area contributed by atoms with Gasteiger partial charge in [-0.15, -0.1) is 0 Å². The van der Waals surface area contributed by atoms with Crippen molar-refractivity contribution < 1.29 is 9.53 Å². The number of hydrogen-bond acceptors (Lipinski definition) is 5. The monoisotopic (exact) mass is 475 g/mol. The van der Waals surface area contributed by atoms with Crippen molar-refractivity contribution in [2.75, 3.05) is 19.0 Å². The topological polar surface area (TPSA) is 73.2 Å². The van der Waals surface area contributed by atoms with Crippen molar-refractivity contribution in [1.29, 1.82) is 0 Å². The summed E-state index contributed by atoms with van der Waals surface area (Å²) in [6.07, 6.45) is 0.701. The molecule has 4 aromatic rings. The van der Waals surface area contributed by atoms with Crippen LogP contribution in [0.4, 0.5) is 0 Å². The number of aromatic nitrogens is 2. The maximum absolute atomic E-state index is 13.1. The lowest BCUT2D eigenvalue weighted by atomic mass is 10.0. The lowest BCUT2D eigenvalue weighted by molar-refractivity contribution is -0.119. The van der Waals surface area contributed by atoms with Gasteiger partial charge in [-0.1, -0.05) is 60.3 Å². The zero-order chi connectivity index (χ0) is 23.9. The Bertz CT molecular complexity index is 1350. The highest BCUT2D eigenvalue weighted by Crippen LogP contribution is 2.22. The SMILES string of the molecule is CCOCCCn1c(SCC(=O)NC(C)c2ccc3ccccc3c2)nc2ccccc2c1=O. The number of nitrogens with zero attached hydrogens (tertiary/aromatic N) is 2. The van der Waals surface area contributed by atoms with E-state index in [-0.39, 0.29) is 23.3 Å². The van der Waals surface area contributed by atoms with E-state index in [2.05, 4.69) is 34.6 Å². The molecule has 0 radical (unpaired) electrons.